The van der Waals surface area contributed by atoms with Gasteiger partial charge in [0.2, 0.25) is 0 Å². The van der Waals surface area contributed by atoms with Gasteiger partial charge in [0.15, 0.2) is 0 Å². The lowest BCUT2D eigenvalue weighted by Gasteiger charge is -2.17. The summed E-state index contributed by atoms with van der Waals surface area (Å²) >= 11 is 0. The molecular formula is C19H17OP. The Labute approximate surface area is 126 Å². The van der Waals surface area contributed by atoms with Gasteiger partial charge in [-0.25, -0.2) is 0 Å². The van der Waals surface area contributed by atoms with Crippen LogP contribution in [0.3, 0.4) is 0 Å². The molecule has 1 N–H and O–H groups in total. The molecular weight excluding hydrogens is 275 g/mol. The minimum atomic E-state index is -1.33. The van der Waals surface area contributed by atoms with E-state index in [1.54, 1.807) is 0 Å². The van der Waals surface area contributed by atoms with Crippen LogP contribution in [0.15, 0.2) is 78.9 Å². The van der Waals surface area contributed by atoms with Gasteiger partial charge in [-0.3, -0.25) is 0 Å². The highest BCUT2D eigenvalue weighted by molar-refractivity contribution is 7.67. The SMILES string of the molecule is Cc1ccccc1-c1ccccc1[P@](O)c1ccccc1. The van der Waals surface area contributed by atoms with E-state index >= 15 is 0 Å². The van der Waals surface area contributed by atoms with E-state index in [0.29, 0.717) is 0 Å². The summed E-state index contributed by atoms with van der Waals surface area (Å²) in [5.74, 6) is 0. The molecule has 1 nitrogen and oxygen atoms in total. The van der Waals surface area contributed by atoms with Crippen molar-refractivity contribution in [2.45, 2.75) is 6.92 Å². The van der Waals surface area contributed by atoms with Gasteiger partial charge >= 0.3 is 0 Å². The van der Waals surface area contributed by atoms with Crippen LogP contribution in [0, 0.1) is 6.92 Å². The van der Waals surface area contributed by atoms with Gasteiger partial charge < -0.3 is 4.89 Å². The third-order valence-corrected chi connectivity index (χ3v) is 5.20. The van der Waals surface area contributed by atoms with Gasteiger partial charge in [0.05, 0.1) is 8.15 Å². The highest BCUT2D eigenvalue weighted by Crippen LogP contribution is 2.34. The van der Waals surface area contributed by atoms with Gasteiger partial charge in [-0.15, -0.1) is 0 Å². The molecule has 0 saturated heterocycles. The molecule has 0 amide bonds. The minimum absolute atomic E-state index is 0.980. The normalized spacial score (nSPS) is 12.1. The lowest BCUT2D eigenvalue weighted by atomic mass is 10.0. The highest BCUT2D eigenvalue weighted by atomic mass is 31.1. The van der Waals surface area contributed by atoms with E-state index in [-0.39, 0.29) is 0 Å². The molecule has 0 aliphatic heterocycles. The quantitative estimate of drug-likeness (QED) is 0.723. The Bertz CT molecular complexity index is 737. The summed E-state index contributed by atoms with van der Waals surface area (Å²) < 4.78 is 0. The summed E-state index contributed by atoms with van der Waals surface area (Å²) in [6, 6.07) is 26.3. The molecule has 0 bridgehead atoms. The van der Waals surface area contributed by atoms with Crippen LogP contribution in [-0.2, 0) is 0 Å². The van der Waals surface area contributed by atoms with E-state index in [0.717, 1.165) is 16.2 Å². The average Bonchev–Trinajstić information content (AvgIpc) is 2.55. The second kappa shape index (κ2) is 6.22. The van der Waals surface area contributed by atoms with Gasteiger partial charge in [0.25, 0.3) is 0 Å². The number of rotatable bonds is 3. The predicted molar refractivity (Wildman–Crippen MR) is 91.5 cm³/mol. The molecule has 0 unspecified atom stereocenters. The second-order valence-electron chi connectivity index (χ2n) is 4.98. The van der Waals surface area contributed by atoms with E-state index in [1.807, 2.05) is 60.7 Å². The van der Waals surface area contributed by atoms with Crippen molar-refractivity contribution >= 4 is 18.8 Å². The molecule has 3 rings (SSSR count). The molecule has 0 aliphatic carbocycles. The molecule has 0 spiro atoms. The first-order chi connectivity index (χ1) is 10.3. The predicted octanol–water partition coefficient (Wildman–Crippen LogP) is 4.00. The van der Waals surface area contributed by atoms with E-state index in [1.165, 1.54) is 11.1 Å². The van der Waals surface area contributed by atoms with Gasteiger partial charge in [-0.05, 0) is 23.6 Å². The largest absolute Gasteiger partial charge is 0.364 e. The van der Waals surface area contributed by atoms with Gasteiger partial charge in [-0.2, -0.15) is 0 Å². The van der Waals surface area contributed by atoms with Crippen LogP contribution in [0.25, 0.3) is 11.1 Å². The van der Waals surface area contributed by atoms with Gasteiger partial charge in [0, 0.05) is 10.6 Å². The minimum Gasteiger partial charge on any atom is -0.364 e. The van der Waals surface area contributed by atoms with Crippen molar-refractivity contribution in [1.82, 2.24) is 0 Å². The molecule has 0 radical (unpaired) electrons. The maximum Gasteiger partial charge on any atom is 0.0883 e. The molecule has 0 heterocycles. The van der Waals surface area contributed by atoms with Crippen molar-refractivity contribution in [2.75, 3.05) is 0 Å². The van der Waals surface area contributed by atoms with Crippen molar-refractivity contribution in [3.05, 3.63) is 84.4 Å². The standard InChI is InChI=1S/C19H17OP/c1-15-9-5-6-12-17(15)18-13-7-8-14-19(18)21(20)16-10-3-2-4-11-16/h2-14,20H,1H3/t21-/m1/s1. The smallest absolute Gasteiger partial charge is 0.0883 e. The maximum atomic E-state index is 10.8. The molecule has 21 heavy (non-hydrogen) atoms. The van der Waals surface area contributed by atoms with Crippen molar-refractivity contribution < 1.29 is 4.89 Å². The Hall–Kier alpha value is -1.95. The first-order valence-corrected chi connectivity index (χ1v) is 8.26. The van der Waals surface area contributed by atoms with Crippen LogP contribution in [0.4, 0.5) is 0 Å². The Balaban J connectivity index is 2.11. The van der Waals surface area contributed by atoms with Crippen molar-refractivity contribution in [2.24, 2.45) is 0 Å². The van der Waals surface area contributed by atoms with Crippen LogP contribution in [0.1, 0.15) is 5.56 Å². The topological polar surface area (TPSA) is 20.2 Å². The Morgan fingerprint density at radius 1 is 0.667 bits per heavy atom. The average molecular weight is 292 g/mol. The summed E-state index contributed by atoms with van der Waals surface area (Å²) in [7, 11) is -1.33. The van der Waals surface area contributed by atoms with E-state index in [4.69, 9.17) is 0 Å². The van der Waals surface area contributed by atoms with Crippen LogP contribution in [0.2, 0.25) is 0 Å². The van der Waals surface area contributed by atoms with Crippen molar-refractivity contribution in [3.8, 4) is 11.1 Å². The Morgan fingerprint density at radius 3 is 1.95 bits per heavy atom. The lowest BCUT2D eigenvalue weighted by molar-refractivity contribution is 0.645. The third-order valence-electron chi connectivity index (χ3n) is 3.57. The Morgan fingerprint density at radius 2 is 1.24 bits per heavy atom. The zero-order valence-corrected chi connectivity index (χ0v) is 12.8. The fraction of sp³-hybridized carbons (Fsp3) is 0.0526. The van der Waals surface area contributed by atoms with Crippen LogP contribution in [0.5, 0.6) is 0 Å². The highest BCUT2D eigenvalue weighted by Gasteiger charge is 2.16. The Kier molecular flexibility index (Phi) is 4.15. The lowest BCUT2D eigenvalue weighted by Crippen LogP contribution is -2.13. The monoisotopic (exact) mass is 292 g/mol. The number of hydrogen-bond donors (Lipinski definition) is 1. The molecule has 0 saturated carbocycles. The van der Waals surface area contributed by atoms with E-state index in [2.05, 4.69) is 25.1 Å². The molecule has 104 valence electrons. The molecule has 1 atom stereocenters. The van der Waals surface area contributed by atoms with Crippen LogP contribution in [-0.4, -0.2) is 4.89 Å². The fourth-order valence-corrected chi connectivity index (χ4v) is 3.85. The maximum absolute atomic E-state index is 10.8. The van der Waals surface area contributed by atoms with Gasteiger partial charge in [-0.1, -0.05) is 78.9 Å². The molecule has 0 fully saturated rings. The van der Waals surface area contributed by atoms with E-state index < -0.39 is 8.15 Å². The first-order valence-electron chi connectivity index (χ1n) is 6.96. The molecule has 2 heteroatoms. The zero-order valence-electron chi connectivity index (χ0n) is 11.9. The summed E-state index contributed by atoms with van der Waals surface area (Å²) in [5.41, 5.74) is 3.53. The number of benzene rings is 3. The summed E-state index contributed by atoms with van der Waals surface area (Å²) in [6.45, 7) is 2.11. The van der Waals surface area contributed by atoms with Crippen molar-refractivity contribution in [3.63, 3.8) is 0 Å². The number of hydrogen-bond acceptors (Lipinski definition) is 1. The van der Waals surface area contributed by atoms with Crippen molar-refractivity contribution in [1.29, 1.82) is 0 Å². The van der Waals surface area contributed by atoms with Crippen LogP contribution >= 0.6 is 8.15 Å². The first kappa shape index (κ1) is 14.0. The second-order valence-corrected chi connectivity index (χ2v) is 6.60. The molecule has 0 aromatic heterocycles. The number of aryl methyl sites for hydroxylation is 1. The summed E-state index contributed by atoms with van der Waals surface area (Å²) in [5, 5.41) is 1.99. The zero-order chi connectivity index (χ0) is 14.7. The van der Waals surface area contributed by atoms with E-state index in [9.17, 15) is 4.89 Å². The van der Waals surface area contributed by atoms with Gasteiger partial charge in [0.1, 0.15) is 0 Å². The summed E-state index contributed by atoms with van der Waals surface area (Å²) in [6.07, 6.45) is 0. The molecule has 3 aromatic carbocycles. The van der Waals surface area contributed by atoms with Crippen LogP contribution < -0.4 is 10.6 Å². The fourth-order valence-electron chi connectivity index (χ4n) is 2.47. The summed E-state index contributed by atoms with van der Waals surface area (Å²) in [4.78, 5) is 10.8. The third kappa shape index (κ3) is 2.90. The molecule has 3 aromatic rings. The molecule has 0 aliphatic rings.